The van der Waals surface area contributed by atoms with Crippen LogP contribution in [0.1, 0.15) is 11.1 Å². The average Bonchev–Trinajstić information content (AvgIpc) is 2.28. The van der Waals surface area contributed by atoms with E-state index in [-0.39, 0.29) is 17.4 Å². The molecule has 0 aliphatic heterocycles. The van der Waals surface area contributed by atoms with Gasteiger partial charge in [-0.15, -0.1) is 0 Å². The minimum Gasteiger partial charge on any atom is -0.483 e. The van der Waals surface area contributed by atoms with Crippen molar-refractivity contribution in [3.05, 3.63) is 23.3 Å². The Bertz CT molecular complexity index is 567. The van der Waals surface area contributed by atoms with Crippen LogP contribution < -0.4 is 15.2 Å². The molecule has 0 aliphatic carbocycles. The molecule has 0 atom stereocenters. The highest BCUT2D eigenvalue weighted by Gasteiger charge is 2.15. The SMILES string of the molecule is CNC(=O)COc1ccc(S(N)(=O)=O)c(C)c1C. The first kappa shape index (κ1) is 14.5. The monoisotopic (exact) mass is 272 g/mol. The number of amides is 1. The van der Waals surface area contributed by atoms with Gasteiger partial charge in [-0.3, -0.25) is 4.79 Å². The third kappa shape index (κ3) is 3.21. The topological polar surface area (TPSA) is 98.5 Å². The smallest absolute Gasteiger partial charge is 0.257 e. The molecule has 1 amide bonds. The van der Waals surface area contributed by atoms with Crippen molar-refractivity contribution >= 4 is 15.9 Å². The van der Waals surface area contributed by atoms with Crippen LogP contribution >= 0.6 is 0 Å². The molecule has 1 aromatic rings. The molecule has 100 valence electrons. The number of ether oxygens (including phenoxy) is 1. The van der Waals surface area contributed by atoms with Crippen molar-refractivity contribution in [2.45, 2.75) is 18.7 Å². The Hall–Kier alpha value is -1.60. The van der Waals surface area contributed by atoms with Crippen molar-refractivity contribution in [1.29, 1.82) is 0 Å². The molecular formula is C11H16N2O4S. The van der Waals surface area contributed by atoms with Crippen LogP contribution in [0.5, 0.6) is 5.75 Å². The third-order valence-electron chi connectivity index (χ3n) is 2.63. The van der Waals surface area contributed by atoms with Gasteiger partial charge in [-0.25, -0.2) is 13.6 Å². The predicted molar refractivity (Wildman–Crippen MR) is 66.9 cm³/mol. The molecule has 0 aromatic heterocycles. The van der Waals surface area contributed by atoms with Gasteiger partial charge in [0.1, 0.15) is 5.75 Å². The van der Waals surface area contributed by atoms with E-state index in [1.807, 2.05) is 0 Å². The summed E-state index contributed by atoms with van der Waals surface area (Å²) in [7, 11) is -2.24. The van der Waals surface area contributed by atoms with Crippen molar-refractivity contribution in [3.63, 3.8) is 0 Å². The summed E-state index contributed by atoms with van der Waals surface area (Å²) in [6.07, 6.45) is 0. The Morgan fingerprint density at radius 2 is 1.94 bits per heavy atom. The molecule has 1 aromatic carbocycles. The lowest BCUT2D eigenvalue weighted by molar-refractivity contribution is -0.122. The Morgan fingerprint density at radius 3 is 2.44 bits per heavy atom. The number of likely N-dealkylation sites (N-methyl/N-ethyl adjacent to an activating group) is 1. The van der Waals surface area contributed by atoms with E-state index in [4.69, 9.17) is 9.88 Å². The second-order valence-corrected chi connectivity index (χ2v) is 5.35. The lowest BCUT2D eigenvalue weighted by Crippen LogP contribution is -2.25. The standard InChI is InChI=1S/C11H16N2O4S/c1-7-8(2)10(18(12,15)16)5-4-9(7)17-6-11(14)13-3/h4-5H,6H2,1-3H3,(H,13,14)(H2,12,15,16). The molecule has 6 nitrogen and oxygen atoms in total. The largest absolute Gasteiger partial charge is 0.483 e. The number of nitrogens with two attached hydrogens (primary N) is 1. The van der Waals surface area contributed by atoms with Gasteiger partial charge in [0.15, 0.2) is 6.61 Å². The van der Waals surface area contributed by atoms with Gasteiger partial charge in [0.2, 0.25) is 10.0 Å². The number of sulfonamides is 1. The molecule has 18 heavy (non-hydrogen) atoms. The van der Waals surface area contributed by atoms with Gasteiger partial charge in [-0.1, -0.05) is 0 Å². The fourth-order valence-electron chi connectivity index (χ4n) is 1.45. The molecule has 7 heteroatoms. The van der Waals surface area contributed by atoms with Crippen LogP contribution in [0, 0.1) is 13.8 Å². The number of rotatable bonds is 4. The van der Waals surface area contributed by atoms with E-state index in [0.29, 0.717) is 16.9 Å². The number of primary sulfonamides is 1. The van der Waals surface area contributed by atoms with Crippen LogP contribution in [0.2, 0.25) is 0 Å². The van der Waals surface area contributed by atoms with E-state index in [0.717, 1.165) is 0 Å². The van der Waals surface area contributed by atoms with Crippen molar-refractivity contribution in [1.82, 2.24) is 5.32 Å². The van der Waals surface area contributed by atoms with Crippen LogP contribution in [0.4, 0.5) is 0 Å². The number of benzene rings is 1. The molecule has 0 fully saturated rings. The second-order valence-electron chi connectivity index (χ2n) is 3.82. The van der Waals surface area contributed by atoms with E-state index < -0.39 is 10.0 Å². The molecule has 0 spiro atoms. The van der Waals surface area contributed by atoms with Gasteiger partial charge in [0.05, 0.1) is 4.90 Å². The molecule has 3 N–H and O–H groups in total. The predicted octanol–water partition coefficient (Wildman–Crippen LogP) is 0.0756. The van der Waals surface area contributed by atoms with Gasteiger partial charge < -0.3 is 10.1 Å². The molecule has 0 saturated heterocycles. The lowest BCUT2D eigenvalue weighted by atomic mass is 10.1. The molecule has 1 rings (SSSR count). The van der Waals surface area contributed by atoms with Crippen LogP contribution in [0.15, 0.2) is 17.0 Å². The fourth-order valence-corrected chi connectivity index (χ4v) is 2.29. The quantitative estimate of drug-likeness (QED) is 0.810. The van der Waals surface area contributed by atoms with E-state index in [1.165, 1.54) is 19.2 Å². The summed E-state index contributed by atoms with van der Waals surface area (Å²) >= 11 is 0. The highest BCUT2D eigenvalue weighted by molar-refractivity contribution is 7.89. The van der Waals surface area contributed by atoms with E-state index in [1.54, 1.807) is 13.8 Å². The Balaban J connectivity index is 3.06. The van der Waals surface area contributed by atoms with Gasteiger partial charge in [-0.05, 0) is 37.1 Å². The summed E-state index contributed by atoms with van der Waals surface area (Å²) in [4.78, 5) is 11.1. The van der Waals surface area contributed by atoms with Crippen molar-refractivity contribution < 1.29 is 17.9 Å². The van der Waals surface area contributed by atoms with Crippen molar-refractivity contribution in [3.8, 4) is 5.75 Å². The summed E-state index contributed by atoms with van der Waals surface area (Å²) in [5.74, 6) is 0.200. The van der Waals surface area contributed by atoms with E-state index in [2.05, 4.69) is 5.32 Å². The molecule has 0 unspecified atom stereocenters. The zero-order chi connectivity index (χ0) is 13.9. The highest BCUT2D eigenvalue weighted by Crippen LogP contribution is 2.26. The maximum atomic E-state index is 11.3. The molecular weight excluding hydrogens is 256 g/mol. The number of carbonyl (C=O) groups is 1. The summed E-state index contributed by atoms with van der Waals surface area (Å²) in [5, 5.41) is 7.51. The number of nitrogens with one attached hydrogen (secondary N) is 1. The van der Waals surface area contributed by atoms with Crippen LogP contribution in [0.25, 0.3) is 0 Å². The molecule has 0 heterocycles. The minimum atomic E-state index is -3.74. The zero-order valence-corrected chi connectivity index (χ0v) is 11.3. The molecule has 0 bridgehead atoms. The third-order valence-corrected chi connectivity index (χ3v) is 3.69. The highest BCUT2D eigenvalue weighted by atomic mass is 32.2. The molecule has 0 radical (unpaired) electrons. The first-order chi connectivity index (χ1) is 8.27. The lowest BCUT2D eigenvalue weighted by Gasteiger charge is -2.12. The molecule has 0 aliphatic rings. The maximum absolute atomic E-state index is 11.3. The first-order valence-electron chi connectivity index (χ1n) is 5.23. The minimum absolute atomic E-state index is 0.0623. The normalized spacial score (nSPS) is 11.1. The molecule has 0 saturated carbocycles. The van der Waals surface area contributed by atoms with Crippen molar-refractivity contribution in [2.24, 2.45) is 5.14 Å². The van der Waals surface area contributed by atoms with Gasteiger partial charge in [0.25, 0.3) is 5.91 Å². The summed E-state index contributed by atoms with van der Waals surface area (Å²) < 4.78 is 27.9. The van der Waals surface area contributed by atoms with Crippen molar-refractivity contribution in [2.75, 3.05) is 13.7 Å². The summed E-state index contributed by atoms with van der Waals surface area (Å²) in [6, 6.07) is 2.86. The van der Waals surface area contributed by atoms with Gasteiger partial charge >= 0.3 is 0 Å². The fraction of sp³-hybridized carbons (Fsp3) is 0.364. The first-order valence-corrected chi connectivity index (χ1v) is 6.78. The Kier molecular flexibility index (Phi) is 4.31. The Morgan fingerprint density at radius 1 is 1.33 bits per heavy atom. The summed E-state index contributed by atoms with van der Waals surface area (Å²) in [5.41, 5.74) is 1.16. The number of carbonyl (C=O) groups excluding carboxylic acids is 1. The van der Waals surface area contributed by atoms with Gasteiger partial charge in [0, 0.05) is 7.05 Å². The maximum Gasteiger partial charge on any atom is 0.257 e. The second kappa shape index (κ2) is 5.36. The van der Waals surface area contributed by atoms with Crippen LogP contribution in [-0.4, -0.2) is 28.0 Å². The number of hydrogen-bond donors (Lipinski definition) is 2. The van der Waals surface area contributed by atoms with Crippen LogP contribution in [-0.2, 0) is 14.8 Å². The average molecular weight is 272 g/mol. The number of hydrogen-bond acceptors (Lipinski definition) is 4. The van der Waals surface area contributed by atoms with Gasteiger partial charge in [-0.2, -0.15) is 0 Å². The van der Waals surface area contributed by atoms with E-state index >= 15 is 0 Å². The Labute approximate surface area is 106 Å². The zero-order valence-electron chi connectivity index (χ0n) is 10.5. The van der Waals surface area contributed by atoms with E-state index in [9.17, 15) is 13.2 Å². The van der Waals surface area contributed by atoms with Crippen LogP contribution in [0.3, 0.4) is 0 Å². The summed E-state index contributed by atoms with van der Waals surface area (Å²) in [6.45, 7) is 3.23.